The Morgan fingerprint density at radius 3 is 1.58 bits per heavy atom. The van der Waals surface area contributed by atoms with Crippen molar-refractivity contribution in [2.45, 2.75) is 44.9 Å². The number of nitrogens with zero attached hydrogens (tertiary/aromatic N) is 1. The first-order valence-electron chi connectivity index (χ1n) is 7.92. The van der Waals surface area contributed by atoms with Crippen LogP contribution in [0.5, 0.6) is 0 Å². The van der Waals surface area contributed by atoms with Gasteiger partial charge in [0.25, 0.3) is 0 Å². The van der Waals surface area contributed by atoms with E-state index in [4.69, 9.17) is 0 Å². The summed E-state index contributed by atoms with van der Waals surface area (Å²) < 4.78 is 0. The van der Waals surface area contributed by atoms with E-state index in [1.807, 2.05) is 19.0 Å². The fraction of sp³-hybridized carbons (Fsp3) is 0.647. The summed E-state index contributed by atoms with van der Waals surface area (Å²) in [6, 6.07) is 0. The lowest BCUT2D eigenvalue weighted by atomic mass is 9.97. The molecule has 0 bridgehead atoms. The maximum atomic E-state index is 10.3. The molecule has 0 spiro atoms. The maximum absolute atomic E-state index is 10.3. The van der Waals surface area contributed by atoms with Gasteiger partial charge in [-0.05, 0) is 52.1 Å². The Bertz CT molecular complexity index is 369. The van der Waals surface area contributed by atoms with Crippen molar-refractivity contribution in [3.63, 3.8) is 0 Å². The van der Waals surface area contributed by atoms with Crippen LogP contribution in [0.2, 0.25) is 0 Å². The molecule has 1 fully saturated rings. The Morgan fingerprint density at radius 1 is 0.958 bits per heavy atom. The Balaban J connectivity index is 0. The van der Waals surface area contributed by atoms with Gasteiger partial charge in [-0.15, -0.1) is 0 Å². The first-order chi connectivity index (χ1) is 11.2. The SMILES string of the molecule is O=C([O-])/C=C/C(=O)[O-].O=C([O-])CC1CCCCCC1.[CH2]CN(C)C. The smallest absolute Gasteiger partial charge is 0.0643 e. The van der Waals surface area contributed by atoms with Gasteiger partial charge in [0.05, 0.1) is 11.9 Å². The van der Waals surface area contributed by atoms with Crippen LogP contribution in [0.25, 0.3) is 0 Å². The molecular formula is C17H27NO6-3. The summed E-state index contributed by atoms with van der Waals surface area (Å²) in [6.07, 6.45) is 8.20. The summed E-state index contributed by atoms with van der Waals surface area (Å²) in [6.45, 7) is 4.50. The fourth-order valence-electron chi connectivity index (χ4n) is 1.94. The lowest BCUT2D eigenvalue weighted by molar-refractivity contribution is -0.307. The summed E-state index contributed by atoms with van der Waals surface area (Å²) in [5.74, 6) is -3.57. The largest absolute Gasteiger partial charge is 0.550 e. The monoisotopic (exact) mass is 341 g/mol. The molecular weight excluding hydrogens is 314 g/mol. The number of rotatable bonds is 5. The van der Waals surface area contributed by atoms with Crippen LogP contribution in [0.1, 0.15) is 44.9 Å². The second-order valence-corrected chi connectivity index (χ2v) is 5.71. The molecule has 0 aromatic rings. The summed E-state index contributed by atoms with van der Waals surface area (Å²) in [5, 5.41) is 29.1. The molecule has 1 rings (SSSR count). The normalized spacial score (nSPS) is 14.8. The molecule has 139 valence electrons. The number of carbonyl (C=O) groups excluding carboxylic acids is 3. The molecule has 0 aromatic carbocycles. The average Bonchev–Trinajstić information content (AvgIpc) is 2.74. The van der Waals surface area contributed by atoms with Crippen molar-refractivity contribution in [1.29, 1.82) is 0 Å². The summed E-state index contributed by atoms with van der Waals surface area (Å²) >= 11 is 0. The molecule has 24 heavy (non-hydrogen) atoms. The second-order valence-electron chi connectivity index (χ2n) is 5.71. The molecule has 0 atom stereocenters. The molecule has 1 saturated carbocycles. The fourth-order valence-corrected chi connectivity index (χ4v) is 1.94. The van der Waals surface area contributed by atoms with Crippen molar-refractivity contribution >= 4 is 17.9 Å². The highest BCUT2D eigenvalue weighted by molar-refractivity contribution is 5.87. The molecule has 7 heteroatoms. The zero-order valence-electron chi connectivity index (χ0n) is 14.5. The third-order valence-corrected chi connectivity index (χ3v) is 3.23. The third kappa shape index (κ3) is 22.4. The molecule has 0 aliphatic heterocycles. The average molecular weight is 341 g/mol. The molecule has 7 nitrogen and oxygen atoms in total. The predicted octanol–water partition coefficient (Wildman–Crippen LogP) is -1.48. The van der Waals surface area contributed by atoms with Gasteiger partial charge >= 0.3 is 0 Å². The Kier molecular flexibility index (Phi) is 16.2. The highest BCUT2D eigenvalue weighted by atomic mass is 16.4. The van der Waals surface area contributed by atoms with Gasteiger partial charge in [-0.1, -0.05) is 38.5 Å². The number of carbonyl (C=O) groups is 3. The van der Waals surface area contributed by atoms with E-state index in [9.17, 15) is 29.7 Å². The Labute approximate surface area is 144 Å². The van der Waals surface area contributed by atoms with E-state index < -0.39 is 17.9 Å². The van der Waals surface area contributed by atoms with Crippen molar-refractivity contribution in [2.75, 3.05) is 20.6 Å². The maximum Gasteiger partial charge on any atom is 0.0643 e. The van der Waals surface area contributed by atoms with E-state index in [2.05, 4.69) is 6.92 Å². The van der Waals surface area contributed by atoms with Gasteiger partial charge in [-0.2, -0.15) is 0 Å². The summed E-state index contributed by atoms with van der Waals surface area (Å²) in [4.78, 5) is 31.1. The van der Waals surface area contributed by atoms with Gasteiger partial charge in [-0.25, -0.2) is 0 Å². The zero-order chi connectivity index (χ0) is 19.0. The summed E-state index contributed by atoms with van der Waals surface area (Å²) in [5.41, 5.74) is 0. The van der Waals surface area contributed by atoms with Gasteiger partial charge in [-0.3, -0.25) is 0 Å². The second kappa shape index (κ2) is 16.0. The van der Waals surface area contributed by atoms with Gasteiger partial charge in [0.2, 0.25) is 0 Å². The predicted molar refractivity (Wildman–Crippen MR) is 83.9 cm³/mol. The molecule has 0 N–H and O–H groups in total. The molecule has 0 aromatic heterocycles. The number of hydrogen-bond donors (Lipinski definition) is 0. The lowest BCUT2D eigenvalue weighted by Gasteiger charge is -2.13. The first-order valence-corrected chi connectivity index (χ1v) is 7.92. The molecule has 0 unspecified atom stereocenters. The molecule has 0 amide bonds. The standard InChI is InChI=1S/C9H16O2.C4H10N.C4H4O4/c10-9(11)7-8-5-3-1-2-4-6-8;1-4-5(2)3;5-3(6)1-2-4(7)8/h8H,1-7H2,(H,10,11);1,4H2,2-3H3;1-2H,(H,5,6)(H,7,8)/p-3/b;;2-1+. The van der Waals surface area contributed by atoms with Crippen LogP contribution < -0.4 is 15.3 Å². The number of hydrogen-bond acceptors (Lipinski definition) is 7. The topological polar surface area (TPSA) is 124 Å². The van der Waals surface area contributed by atoms with Crippen LogP contribution in [-0.4, -0.2) is 43.4 Å². The number of carboxylic acid groups (broad SMARTS) is 3. The quantitative estimate of drug-likeness (QED) is 0.441. The van der Waals surface area contributed by atoms with Crippen LogP contribution >= 0.6 is 0 Å². The first kappa shape index (κ1) is 24.4. The van der Waals surface area contributed by atoms with E-state index in [1.54, 1.807) is 0 Å². The van der Waals surface area contributed by atoms with Crippen molar-refractivity contribution in [1.82, 2.24) is 4.90 Å². The number of aliphatic carboxylic acids is 3. The zero-order valence-corrected chi connectivity index (χ0v) is 14.5. The number of carboxylic acids is 3. The summed E-state index contributed by atoms with van der Waals surface area (Å²) in [7, 11) is 3.99. The van der Waals surface area contributed by atoms with Gasteiger partial charge < -0.3 is 34.6 Å². The van der Waals surface area contributed by atoms with Gasteiger partial charge in [0, 0.05) is 5.97 Å². The van der Waals surface area contributed by atoms with E-state index >= 15 is 0 Å². The van der Waals surface area contributed by atoms with Gasteiger partial charge in [0.1, 0.15) is 0 Å². The van der Waals surface area contributed by atoms with Gasteiger partial charge in [0.15, 0.2) is 0 Å². The molecule has 0 saturated heterocycles. The highest BCUT2D eigenvalue weighted by Crippen LogP contribution is 2.24. The Hall–Kier alpha value is -1.89. The molecule has 0 heterocycles. The minimum atomic E-state index is -1.55. The van der Waals surface area contributed by atoms with Crippen LogP contribution in [-0.2, 0) is 14.4 Å². The van der Waals surface area contributed by atoms with E-state index in [1.165, 1.54) is 25.7 Å². The third-order valence-electron chi connectivity index (χ3n) is 3.23. The highest BCUT2D eigenvalue weighted by Gasteiger charge is 2.11. The van der Waals surface area contributed by atoms with Crippen LogP contribution in [0.3, 0.4) is 0 Å². The molecule has 1 aliphatic carbocycles. The van der Waals surface area contributed by atoms with Crippen LogP contribution in [0, 0.1) is 12.8 Å². The van der Waals surface area contributed by atoms with Crippen molar-refractivity contribution in [2.24, 2.45) is 5.92 Å². The van der Waals surface area contributed by atoms with E-state index in [-0.39, 0.29) is 6.42 Å². The van der Waals surface area contributed by atoms with E-state index in [0.29, 0.717) is 18.1 Å². The molecule has 1 radical (unpaired) electrons. The Morgan fingerprint density at radius 2 is 1.33 bits per heavy atom. The lowest BCUT2D eigenvalue weighted by Crippen LogP contribution is -2.25. The van der Waals surface area contributed by atoms with Crippen LogP contribution in [0.15, 0.2) is 12.2 Å². The minimum absolute atomic E-state index is 0.278. The van der Waals surface area contributed by atoms with Crippen molar-refractivity contribution in [3.05, 3.63) is 19.1 Å². The van der Waals surface area contributed by atoms with Crippen molar-refractivity contribution < 1.29 is 29.7 Å². The van der Waals surface area contributed by atoms with Crippen LogP contribution in [0.4, 0.5) is 0 Å². The minimum Gasteiger partial charge on any atom is -0.550 e. The van der Waals surface area contributed by atoms with Crippen molar-refractivity contribution in [3.8, 4) is 0 Å². The molecule has 1 aliphatic rings. The van der Waals surface area contributed by atoms with E-state index in [0.717, 1.165) is 19.4 Å².